The highest BCUT2D eigenvalue weighted by Crippen LogP contribution is 2.29. The summed E-state index contributed by atoms with van der Waals surface area (Å²) in [4.78, 5) is 61.5. The van der Waals surface area contributed by atoms with Gasteiger partial charge in [-0.05, 0) is 37.3 Å². The molecule has 3 N–H and O–H groups in total. The number of thiazole rings is 1. The molecule has 4 aromatic rings. The van der Waals surface area contributed by atoms with Crippen LogP contribution in [0.3, 0.4) is 0 Å². The number of hydrogen-bond donors (Lipinski definition) is 3. The Labute approximate surface area is 300 Å². The number of carbonyl (C=O) groups is 4. The fraction of sp³-hybridized carbons (Fsp3) is 0.405. The largest absolute Gasteiger partial charge is 0.379 e. The number of ketones is 1. The molecule has 3 amide bonds. The zero-order chi connectivity index (χ0) is 35.6. The van der Waals surface area contributed by atoms with Crippen molar-refractivity contribution in [3.8, 4) is 0 Å². The van der Waals surface area contributed by atoms with Crippen LogP contribution in [0.15, 0.2) is 82.1 Å². The molecule has 51 heavy (non-hydrogen) atoms. The van der Waals surface area contributed by atoms with Crippen molar-refractivity contribution in [2.75, 3.05) is 32.9 Å². The van der Waals surface area contributed by atoms with E-state index in [2.05, 4.69) is 31.0 Å². The minimum atomic E-state index is -1.10. The van der Waals surface area contributed by atoms with Crippen molar-refractivity contribution in [2.45, 2.75) is 62.9 Å². The molecule has 14 heteroatoms. The van der Waals surface area contributed by atoms with Gasteiger partial charge < -0.3 is 29.9 Å². The molecule has 1 unspecified atom stereocenters. The number of benzene rings is 2. The maximum atomic E-state index is 14.0. The van der Waals surface area contributed by atoms with E-state index in [1.165, 1.54) is 11.3 Å². The van der Waals surface area contributed by atoms with Crippen molar-refractivity contribution in [3.63, 3.8) is 0 Å². The number of carbonyl (C=O) groups excluding carboxylic acids is 4. The summed E-state index contributed by atoms with van der Waals surface area (Å²) < 4.78 is 16.3. The minimum absolute atomic E-state index is 0.0468. The van der Waals surface area contributed by atoms with E-state index >= 15 is 0 Å². The van der Waals surface area contributed by atoms with E-state index in [9.17, 15) is 19.2 Å². The quantitative estimate of drug-likeness (QED) is 0.138. The lowest BCUT2D eigenvalue weighted by Crippen LogP contribution is -2.57. The Morgan fingerprint density at radius 1 is 0.882 bits per heavy atom. The zero-order valence-electron chi connectivity index (χ0n) is 28.4. The maximum absolute atomic E-state index is 14.0. The van der Waals surface area contributed by atoms with Crippen molar-refractivity contribution < 1.29 is 33.2 Å². The van der Waals surface area contributed by atoms with Gasteiger partial charge in [-0.25, -0.2) is 4.98 Å². The summed E-state index contributed by atoms with van der Waals surface area (Å²) in [6.07, 6.45) is 1.06. The standard InChI is InChI=1S/C37H42N6O7S/c1-37(23-49-37)33(44)30(18-26-10-6-3-7-11-26)40-35(46)31(19-27-22-51-24-38-27)41-34(45)29(13-12-25-8-4-2-5-9-25)39-36(47)32-20-28(50-42-32)21-43-14-16-48-17-15-43/h2-11,20,22,24,29-31H,12-19,21,23H2,1H3,(H,39,47)(H,40,46)(H,41,45)/t29-,30?,31-,37+/m0/s1. The minimum Gasteiger partial charge on any atom is -0.379 e. The molecular weight excluding hydrogens is 673 g/mol. The smallest absolute Gasteiger partial charge is 0.274 e. The number of epoxide rings is 1. The van der Waals surface area contributed by atoms with Gasteiger partial charge in [0.2, 0.25) is 11.8 Å². The van der Waals surface area contributed by atoms with E-state index in [4.69, 9.17) is 14.0 Å². The van der Waals surface area contributed by atoms with Crippen molar-refractivity contribution >= 4 is 34.8 Å². The van der Waals surface area contributed by atoms with Gasteiger partial charge in [0, 0.05) is 31.0 Å². The fourth-order valence-corrected chi connectivity index (χ4v) is 6.48. The predicted molar refractivity (Wildman–Crippen MR) is 188 cm³/mol. The third-order valence-electron chi connectivity index (χ3n) is 9.00. The molecule has 0 radical (unpaired) electrons. The monoisotopic (exact) mass is 714 g/mol. The lowest BCUT2D eigenvalue weighted by atomic mass is 9.94. The summed E-state index contributed by atoms with van der Waals surface area (Å²) in [5.74, 6) is -1.40. The summed E-state index contributed by atoms with van der Waals surface area (Å²) in [6, 6.07) is 17.5. The van der Waals surface area contributed by atoms with Crippen LogP contribution >= 0.6 is 11.3 Å². The molecule has 2 aliphatic heterocycles. The zero-order valence-corrected chi connectivity index (χ0v) is 29.2. The number of ether oxygens (including phenoxy) is 2. The van der Waals surface area contributed by atoms with Gasteiger partial charge in [0.15, 0.2) is 17.2 Å². The van der Waals surface area contributed by atoms with Crippen LogP contribution in [0.1, 0.15) is 46.4 Å². The number of amides is 3. The van der Waals surface area contributed by atoms with Crippen LogP contribution < -0.4 is 16.0 Å². The van der Waals surface area contributed by atoms with E-state index in [0.717, 1.165) is 24.2 Å². The van der Waals surface area contributed by atoms with Crippen LogP contribution in [-0.4, -0.2) is 95.2 Å². The van der Waals surface area contributed by atoms with E-state index < -0.39 is 41.4 Å². The number of aromatic nitrogens is 2. The Hall–Kier alpha value is -4.76. The Morgan fingerprint density at radius 3 is 2.22 bits per heavy atom. The number of morpholine rings is 1. The highest BCUT2D eigenvalue weighted by Gasteiger charge is 2.50. The molecule has 268 valence electrons. The van der Waals surface area contributed by atoms with Crippen molar-refractivity contribution in [1.82, 2.24) is 31.0 Å². The lowest BCUT2D eigenvalue weighted by molar-refractivity contribution is -0.133. The molecule has 0 aliphatic carbocycles. The summed E-state index contributed by atoms with van der Waals surface area (Å²) in [5.41, 5.74) is 3.16. The molecule has 2 saturated heterocycles. The van der Waals surface area contributed by atoms with E-state index in [1.807, 2.05) is 60.7 Å². The summed E-state index contributed by atoms with van der Waals surface area (Å²) >= 11 is 1.37. The number of nitrogens with one attached hydrogen (secondary N) is 3. The highest BCUT2D eigenvalue weighted by molar-refractivity contribution is 7.07. The molecule has 4 heterocycles. The Kier molecular flexibility index (Phi) is 12.0. The van der Waals surface area contributed by atoms with Crippen molar-refractivity contribution in [1.29, 1.82) is 0 Å². The van der Waals surface area contributed by atoms with Crippen LogP contribution in [0.2, 0.25) is 0 Å². The van der Waals surface area contributed by atoms with Gasteiger partial charge >= 0.3 is 0 Å². The van der Waals surface area contributed by atoms with Crippen LogP contribution in [0.25, 0.3) is 0 Å². The van der Waals surface area contributed by atoms with Gasteiger partial charge in [-0.1, -0.05) is 65.8 Å². The summed E-state index contributed by atoms with van der Waals surface area (Å²) in [7, 11) is 0. The molecule has 6 rings (SSSR count). The Balaban J connectivity index is 1.18. The molecule has 0 saturated carbocycles. The molecule has 4 atom stereocenters. The molecular formula is C37H42N6O7S. The Morgan fingerprint density at radius 2 is 1.55 bits per heavy atom. The van der Waals surface area contributed by atoms with Crippen molar-refractivity contribution in [3.05, 3.63) is 106 Å². The first-order valence-corrected chi connectivity index (χ1v) is 18.0. The summed E-state index contributed by atoms with van der Waals surface area (Å²) in [6.45, 7) is 5.19. The van der Waals surface area contributed by atoms with Crippen LogP contribution in [-0.2, 0) is 49.7 Å². The molecule has 2 aromatic heterocycles. The second-order valence-corrected chi connectivity index (χ2v) is 13.7. The average Bonchev–Trinajstić information content (AvgIpc) is 3.47. The Bertz CT molecular complexity index is 1760. The van der Waals surface area contributed by atoms with E-state index in [0.29, 0.717) is 37.6 Å². The number of hydrogen-bond acceptors (Lipinski definition) is 11. The van der Waals surface area contributed by atoms with Gasteiger partial charge in [-0.15, -0.1) is 11.3 Å². The SMILES string of the molecule is C[C@]1(C(=O)C(Cc2ccccc2)NC(=O)[C@H](Cc2cscn2)NC(=O)[C@H](CCc2ccccc2)NC(=O)c2cc(CN3CCOCC3)on2)CO1. The third-order valence-corrected chi connectivity index (χ3v) is 9.64. The maximum Gasteiger partial charge on any atom is 0.274 e. The number of Topliss-reactive ketones (excluding diaryl/α,β-unsaturated/α-hetero) is 1. The van der Waals surface area contributed by atoms with Gasteiger partial charge in [-0.2, -0.15) is 0 Å². The molecule has 0 bridgehead atoms. The topological polar surface area (TPSA) is 168 Å². The van der Waals surface area contributed by atoms with Gasteiger partial charge in [0.1, 0.15) is 17.7 Å². The van der Waals surface area contributed by atoms with Gasteiger partial charge in [0.25, 0.3) is 5.91 Å². The van der Waals surface area contributed by atoms with Gasteiger partial charge in [0.05, 0.1) is 43.6 Å². The molecule has 2 aliphatic rings. The first-order valence-electron chi connectivity index (χ1n) is 17.1. The predicted octanol–water partition coefficient (Wildman–Crippen LogP) is 2.51. The van der Waals surface area contributed by atoms with Crippen LogP contribution in [0.5, 0.6) is 0 Å². The van der Waals surface area contributed by atoms with Crippen LogP contribution in [0, 0.1) is 0 Å². The molecule has 2 fully saturated rings. The number of aryl methyl sites for hydroxylation is 1. The lowest BCUT2D eigenvalue weighted by Gasteiger charge is -2.26. The second kappa shape index (κ2) is 17.0. The second-order valence-electron chi connectivity index (χ2n) is 13.0. The fourth-order valence-electron chi connectivity index (χ4n) is 5.91. The molecule has 2 aromatic carbocycles. The normalized spacial score (nSPS) is 19.0. The third kappa shape index (κ3) is 10.2. The molecule has 13 nitrogen and oxygen atoms in total. The van der Waals surface area contributed by atoms with Crippen molar-refractivity contribution in [2.24, 2.45) is 0 Å². The van der Waals surface area contributed by atoms with Crippen LogP contribution in [0.4, 0.5) is 0 Å². The number of rotatable bonds is 17. The van der Waals surface area contributed by atoms with E-state index in [1.54, 1.807) is 23.9 Å². The van der Waals surface area contributed by atoms with E-state index in [-0.39, 0.29) is 37.3 Å². The number of nitrogens with zero attached hydrogens (tertiary/aromatic N) is 3. The first-order chi connectivity index (χ1) is 24.8. The highest BCUT2D eigenvalue weighted by atomic mass is 32.1. The molecule has 0 spiro atoms. The average molecular weight is 715 g/mol. The van der Waals surface area contributed by atoms with Gasteiger partial charge in [-0.3, -0.25) is 24.1 Å². The first kappa shape index (κ1) is 36.0. The summed E-state index contributed by atoms with van der Waals surface area (Å²) in [5, 5.41) is 14.4.